The number of allylic oxidation sites excluding steroid dienone is 2. The van der Waals surface area contributed by atoms with E-state index in [-0.39, 0.29) is 16.7 Å². The van der Waals surface area contributed by atoms with Crippen molar-refractivity contribution >= 4 is 21.6 Å². The van der Waals surface area contributed by atoms with Crippen molar-refractivity contribution in [1.29, 1.82) is 0 Å². The summed E-state index contributed by atoms with van der Waals surface area (Å²) in [4.78, 5) is 12.5. The van der Waals surface area contributed by atoms with Crippen molar-refractivity contribution in [3.63, 3.8) is 0 Å². The number of hydrogen-bond donors (Lipinski definition) is 1. The Balaban J connectivity index is 1.67. The fourth-order valence-corrected chi connectivity index (χ4v) is 4.58. The minimum Gasteiger partial charge on any atom is -0.326 e. The molecule has 5 nitrogen and oxygen atoms in total. The van der Waals surface area contributed by atoms with Crippen LogP contribution >= 0.6 is 0 Å². The second-order valence-corrected chi connectivity index (χ2v) is 8.04. The van der Waals surface area contributed by atoms with E-state index in [0.29, 0.717) is 18.8 Å². The van der Waals surface area contributed by atoms with Gasteiger partial charge in [-0.1, -0.05) is 12.2 Å². The molecule has 1 atom stereocenters. The Morgan fingerprint density at radius 1 is 1.09 bits per heavy atom. The number of carbonyl (C=O) groups excluding carboxylic acids is 1. The first-order chi connectivity index (χ1) is 11.1. The van der Waals surface area contributed by atoms with Gasteiger partial charge in [-0.05, 0) is 56.4 Å². The zero-order valence-electron chi connectivity index (χ0n) is 13.1. The molecule has 0 spiro atoms. The Labute approximate surface area is 137 Å². The fourth-order valence-electron chi connectivity index (χ4n) is 3.06. The summed E-state index contributed by atoms with van der Waals surface area (Å²) in [7, 11) is -3.39. The molecule has 23 heavy (non-hydrogen) atoms. The third kappa shape index (κ3) is 3.64. The first kappa shape index (κ1) is 16.2. The monoisotopic (exact) mass is 334 g/mol. The van der Waals surface area contributed by atoms with E-state index in [1.54, 1.807) is 24.3 Å². The van der Waals surface area contributed by atoms with E-state index < -0.39 is 10.0 Å². The molecule has 0 aromatic heterocycles. The number of anilines is 1. The topological polar surface area (TPSA) is 66.5 Å². The molecule has 1 aromatic rings. The summed E-state index contributed by atoms with van der Waals surface area (Å²) in [6, 6.07) is 6.48. The Bertz CT molecular complexity index is 689. The van der Waals surface area contributed by atoms with Crippen LogP contribution in [0.4, 0.5) is 5.69 Å². The van der Waals surface area contributed by atoms with Crippen LogP contribution in [-0.2, 0) is 14.8 Å². The second kappa shape index (κ2) is 6.84. The molecule has 1 heterocycles. The van der Waals surface area contributed by atoms with Crippen molar-refractivity contribution in [3.8, 4) is 0 Å². The average molecular weight is 334 g/mol. The lowest BCUT2D eigenvalue weighted by atomic mass is 9.93. The summed E-state index contributed by atoms with van der Waals surface area (Å²) >= 11 is 0. The molecule has 1 aliphatic carbocycles. The summed E-state index contributed by atoms with van der Waals surface area (Å²) in [6.45, 7) is 1.19. The zero-order valence-corrected chi connectivity index (χ0v) is 13.9. The highest BCUT2D eigenvalue weighted by Gasteiger charge is 2.27. The van der Waals surface area contributed by atoms with Gasteiger partial charge in [0, 0.05) is 24.7 Å². The largest absolute Gasteiger partial charge is 0.326 e. The van der Waals surface area contributed by atoms with Gasteiger partial charge in [-0.3, -0.25) is 4.79 Å². The van der Waals surface area contributed by atoms with E-state index in [1.165, 1.54) is 4.31 Å². The molecule has 1 aliphatic heterocycles. The quantitative estimate of drug-likeness (QED) is 0.861. The van der Waals surface area contributed by atoms with Crippen molar-refractivity contribution in [2.45, 2.75) is 37.0 Å². The van der Waals surface area contributed by atoms with Crippen LogP contribution in [0.3, 0.4) is 0 Å². The van der Waals surface area contributed by atoms with Crippen LogP contribution in [0.15, 0.2) is 41.3 Å². The fraction of sp³-hybridized carbons (Fsp3) is 0.471. The van der Waals surface area contributed by atoms with Crippen molar-refractivity contribution in [1.82, 2.24) is 4.31 Å². The van der Waals surface area contributed by atoms with Crippen LogP contribution in [-0.4, -0.2) is 31.7 Å². The van der Waals surface area contributed by atoms with E-state index in [9.17, 15) is 13.2 Å². The number of nitrogens with zero attached hydrogens (tertiary/aromatic N) is 1. The molecule has 1 aromatic carbocycles. The summed E-state index contributed by atoms with van der Waals surface area (Å²) in [6.07, 6.45) is 8.55. The molecular formula is C17H22N2O3S. The molecular weight excluding hydrogens is 312 g/mol. The van der Waals surface area contributed by atoms with Gasteiger partial charge in [0.25, 0.3) is 0 Å². The SMILES string of the molecule is O=C(Nc1ccc(S(=O)(=O)N2CCCC2)cc1)[C@@H]1CC=CCC1. The van der Waals surface area contributed by atoms with Crippen molar-refractivity contribution in [2.75, 3.05) is 18.4 Å². The van der Waals surface area contributed by atoms with Crippen LogP contribution in [0.1, 0.15) is 32.1 Å². The van der Waals surface area contributed by atoms with Crippen molar-refractivity contribution < 1.29 is 13.2 Å². The lowest BCUT2D eigenvalue weighted by Crippen LogP contribution is -2.28. The second-order valence-electron chi connectivity index (χ2n) is 6.11. The summed E-state index contributed by atoms with van der Waals surface area (Å²) in [5.41, 5.74) is 0.643. The number of sulfonamides is 1. The molecule has 124 valence electrons. The van der Waals surface area contributed by atoms with Gasteiger partial charge in [0.15, 0.2) is 0 Å². The first-order valence-electron chi connectivity index (χ1n) is 8.13. The first-order valence-corrected chi connectivity index (χ1v) is 9.57. The van der Waals surface area contributed by atoms with E-state index in [1.807, 2.05) is 6.08 Å². The van der Waals surface area contributed by atoms with Gasteiger partial charge in [-0.2, -0.15) is 4.31 Å². The minimum absolute atomic E-state index is 0.00417. The van der Waals surface area contributed by atoms with Gasteiger partial charge in [0.1, 0.15) is 0 Å². The van der Waals surface area contributed by atoms with Gasteiger partial charge in [0.05, 0.1) is 4.90 Å². The molecule has 6 heteroatoms. The molecule has 1 amide bonds. The summed E-state index contributed by atoms with van der Waals surface area (Å²) in [5, 5.41) is 2.88. The molecule has 0 unspecified atom stereocenters. The molecule has 1 N–H and O–H groups in total. The predicted molar refractivity (Wildman–Crippen MR) is 89.5 cm³/mol. The smallest absolute Gasteiger partial charge is 0.243 e. The third-order valence-electron chi connectivity index (χ3n) is 4.46. The Kier molecular flexibility index (Phi) is 4.82. The number of hydrogen-bond acceptors (Lipinski definition) is 3. The zero-order chi connectivity index (χ0) is 16.3. The van der Waals surface area contributed by atoms with Gasteiger partial charge >= 0.3 is 0 Å². The van der Waals surface area contributed by atoms with Crippen LogP contribution in [0.25, 0.3) is 0 Å². The van der Waals surface area contributed by atoms with Crippen LogP contribution in [0, 0.1) is 5.92 Å². The lowest BCUT2D eigenvalue weighted by molar-refractivity contribution is -0.120. The average Bonchev–Trinajstić information content (AvgIpc) is 3.11. The molecule has 0 bridgehead atoms. The molecule has 1 saturated heterocycles. The van der Waals surface area contributed by atoms with Crippen molar-refractivity contribution in [3.05, 3.63) is 36.4 Å². The number of benzene rings is 1. The maximum absolute atomic E-state index is 12.4. The van der Waals surface area contributed by atoms with Crippen LogP contribution < -0.4 is 5.32 Å². The molecule has 0 saturated carbocycles. The van der Waals surface area contributed by atoms with Crippen molar-refractivity contribution in [2.24, 2.45) is 5.92 Å². The highest BCUT2D eigenvalue weighted by molar-refractivity contribution is 7.89. The highest BCUT2D eigenvalue weighted by Crippen LogP contribution is 2.23. The number of nitrogens with one attached hydrogen (secondary N) is 1. The van der Waals surface area contributed by atoms with E-state index in [0.717, 1.165) is 32.1 Å². The number of carbonyl (C=O) groups is 1. The number of rotatable bonds is 4. The Morgan fingerprint density at radius 2 is 1.78 bits per heavy atom. The third-order valence-corrected chi connectivity index (χ3v) is 6.38. The minimum atomic E-state index is -3.39. The van der Waals surface area contributed by atoms with Gasteiger partial charge in [0.2, 0.25) is 15.9 Å². The maximum atomic E-state index is 12.4. The van der Waals surface area contributed by atoms with Crippen LogP contribution in [0.5, 0.6) is 0 Å². The molecule has 0 radical (unpaired) electrons. The van der Waals surface area contributed by atoms with Gasteiger partial charge in [-0.25, -0.2) is 8.42 Å². The summed E-state index contributed by atoms with van der Waals surface area (Å²) in [5.74, 6) is 0.0116. The molecule has 1 fully saturated rings. The van der Waals surface area contributed by atoms with Gasteiger partial charge < -0.3 is 5.32 Å². The van der Waals surface area contributed by atoms with E-state index >= 15 is 0 Å². The Hall–Kier alpha value is -1.66. The van der Waals surface area contributed by atoms with E-state index in [4.69, 9.17) is 0 Å². The number of amides is 1. The summed E-state index contributed by atoms with van der Waals surface area (Å²) < 4.78 is 26.4. The molecule has 2 aliphatic rings. The van der Waals surface area contributed by atoms with E-state index in [2.05, 4.69) is 11.4 Å². The standard InChI is InChI=1S/C17H22N2O3S/c20-17(14-6-2-1-3-7-14)18-15-8-10-16(11-9-15)23(21,22)19-12-4-5-13-19/h1-2,8-11,14H,3-7,12-13H2,(H,18,20)/t14-/m1/s1. The predicted octanol–water partition coefficient (Wildman–Crippen LogP) is 2.77. The Morgan fingerprint density at radius 3 is 2.39 bits per heavy atom. The molecule has 3 rings (SSSR count). The highest BCUT2D eigenvalue weighted by atomic mass is 32.2. The maximum Gasteiger partial charge on any atom is 0.243 e. The normalized spacial score (nSPS) is 22.2. The van der Waals surface area contributed by atoms with Crippen LogP contribution in [0.2, 0.25) is 0 Å². The van der Waals surface area contributed by atoms with Gasteiger partial charge in [-0.15, -0.1) is 0 Å². The lowest BCUT2D eigenvalue weighted by Gasteiger charge is -2.18.